The van der Waals surface area contributed by atoms with E-state index in [1.807, 2.05) is 75.4 Å². The van der Waals surface area contributed by atoms with Gasteiger partial charge in [-0.05, 0) is 62.1 Å². The molecule has 0 aliphatic rings. The van der Waals surface area contributed by atoms with E-state index >= 15 is 0 Å². The fourth-order valence-corrected chi connectivity index (χ4v) is 3.96. The highest BCUT2D eigenvalue weighted by molar-refractivity contribution is 7.12. The van der Waals surface area contributed by atoms with Crippen molar-refractivity contribution in [1.82, 2.24) is 29.9 Å². The lowest BCUT2D eigenvalue weighted by atomic mass is 10.1. The van der Waals surface area contributed by atoms with Crippen LogP contribution in [0.3, 0.4) is 0 Å². The van der Waals surface area contributed by atoms with Crippen molar-refractivity contribution in [3.63, 3.8) is 0 Å². The Hall–Kier alpha value is -4.18. The zero-order valence-corrected chi connectivity index (χ0v) is 19.6. The molecule has 3 N–H and O–H groups in total. The summed E-state index contributed by atoms with van der Waals surface area (Å²) in [5.41, 5.74) is 3.38. The predicted molar refractivity (Wildman–Crippen MR) is 135 cm³/mol. The van der Waals surface area contributed by atoms with Gasteiger partial charge in [0.2, 0.25) is 5.95 Å². The number of amides is 2. The number of aromatic nitrogens is 5. The molecule has 170 valence electrons. The van der Waals surface area contributed by atoms with Gasteiger partial charge in [0, 0.05) is 28.4 Å². The molecular formula is C24H22N8OS. The summed E-state index contributed by atoms with van der Waals surface area (Å²) in [6.45, 7) is 5.76. The Morgan fingerprint density at radius 1 is 1.00 bits per heavy atom. The summed E-state index contributed by atoms with van der Waals surface area (Å²) < 4.78 is 4.97. The minimum absolute atomic E-state index is 0.339. The second-order valence-electron chi connectivity index (χ2n) is 8.77. The van der Waals surface area contributed by atoms with Gasteiger partial charge in [0.05, 0.1) is 4.70 Å². The summed E-state index contributed by atoms with van der Waals surface area (Å²) in [6, 6.07) is 17.1. The van der Waals surface area contributed by atoms with Gasteiger partial charge in [-0.15, -0.1) is 5.10 Å². The number of hydrogen-bond donors (Lipinski definition) is 3. The molecule has 5 aromatic rings. The maximum Gasteiger partial charge on any atom is 0.320 e. The molecule has 0 fully saturated rings. The summed E-state index contributed by atoms with van der Waals surface area (Å²) in [4.78, 5) is 26.3. The smallest absolute Gasteiger partial charge is 0.320 e. The Morgan fingerprint density at radius 2 is 1.82 bits per heavy atom. The van der Waals surface area contributed by atoms with Gasteiger partial charge >= 0.3 is 6.03 Å². The maximum absolute atomic E-state index is 12.6. The number of anilines is 3. The standard InChI is InChI=1S/C24H22N8OS/c1-24(2,3)30-23(33)29-21-17(14-7-5-4-6-8-14)11-15-13-25-22(28-20(15)27-21)26-16-9-10-19-18(12-16)31-32-34-19/h4-13H,1-3H3,(H3,25,26,27,28,29,30,33). The average molecular weight is 471 g/mol. The van der Waals surface area contributed by atoms with Crippen LogP contribution in [0.5, 0.6) is 0 Å². The topological polar surface area (TPSA) is 118 Å². The van der Waals surface area contributed by atoms with Crippen LogP contribution in [-0.4, -0.2) is 36.1 Å². The van der Waals surface area contributed by atoms with Gasteiger partial charge in [-0.3, -0.25) is 5.32 Å². The number of carbonyl (C=O) groups is 1. The third kappa shape index (κ3) is 4.76. The van der Waals surface area contributed by atoms with Gasteiger partial charge in [0.15, 0.2) is 5.65 Å². The third-order valence-electron chi connectivity index (χ3n) is 4.88. The quantitative estimate of drug-likeness (QED) is 0.324. The first-order valence-electron chi connectivity index (χ1n) is 10.7. The Kier molecular flexibility index (Phi) is 5.50. The molecule has 34 heavy (non-hydrogen) atoms. The van der Waals surface area contributed by atoms with Crippen molar-refractivity contribution in [2.24, 2.45) is 0 Å². The number of urea groups is 1. The molecule has 0 bridgehead atoms. The molecule has 0 saturated carbocycles. The van der Waals surface area contributed by atoms with E-state index in [1.54, 1.807) is 6.20 Å². The van der Waals surface area contributed by atoms with Gasteiger partial charge < -0.3 is 10.6 Å². The summed E-state index contributed by atoms with van der Waals surface area (Å²) in [5, 5.41) is 13.8. The van der Waals surface area contributed by atoms with Crippen LogP contribution in [0, 0.1) is 0 Å². The monoisotopic (exact) mass is 470 g/mol. The number of nitrogens with one attached hydrogen (secondary N) is 3. The van der Waals surface area contributed by atoms with Crippen molar-refractivity contribution in [2.75, 3.05) is 10.6 Å². The number of fused-ring (bicyclic) bond motifs is 2. The molecule has 0 spiro atoms. The van der Waals surface area contributed by atoms with Crippen LogP contribution in [0.2, 0.25) is 0 Å². The first kappa shape index (κ1) is 21.7. The predicted octanol–water partition coefficient (Wildman–Crippen LogP) is 5.36. The number of rotatable bonds is 4. The average Bonchev–Trinajstić information content (AvgIpc) is 3.26. The van der Waals surface area contributed by atoms with Gasteiger partial charge in [-0.2, -0.15) is 4.98 Å². The molecule has 9 nitrogen and oxygen atoms in total. The van der Waals surface area contributed by atoms with Gasteiger partial charge in [-0.1, -0.05) is 34.8 Å². The van der Waals surface area contributed by atoms with E-state index in [9.17, 15) is 4.79 Å². The van der Waals surface area contributed by atoms with Crippen molar-refractivity contribution >= 4 is 56.3 Å². The number of pyridine rings is 1. The number of nitrogens with zero attached hydrogens (tertiary/aromatic N) is 5. The molecule has 0 aliphatic heterocycles. The summed E-state index contributed by atoms with van der Waals surface area (Å²) in [7, 11) is 0. The molecule has 3 aromatic heterocycles. The van der Waals surface area contributed by atoms with E-state index in [0.717, 1.165) is 32.4 Å². The van der Waals surface area contributed by atoms with Gasteiger partial charge in [0.25, 0.3) is 0 Å². The Bertz CT molecular complexity index is 1490. The van der Waals surface area contributed by atoms with Crippen LogP contribution in [0.1, 0.15) is 20.8 Å². The minimum Gasteiger partial charge on any atom is -0.333 e. The molecule has 0 radical (unpaired) electrons. The van der Waals surface area contributed by atoms with Crippen LogP contribution in [-0.2, 0) is 0 Å². The van der Waals surface area contributed by atoms with Crippen molar-refractivity contribution in [3.8, 4) is 11.1 Å². The third-order valence-corrected chi connectivity index (χ3v) is 5.58. The minimum atomic E-state index is -0.388. The lowest BCUT2D eigenvalue weighted by Gasteiger charge is -2.21. The second-order valence-corrected chi connectivity index (χ2v) is 9.55. The van der Waals surface area contributed by atoms with Crippen LogP contribution in [0.25, 0.3) is 32.4 Å². The van der Waals surface area contributed by atoms with Crippen LogP contribution in [0.4, 0.5) is 22.2 Å². The summed E-state index contributed by atoms with van der Waals surface area (Å²) >= 11 is 1.34. The van der Waals surface area contributed by atoms with Crippen molar-refractivity contribution in [1.29, 1.82) is 0 Å². The van der Waals surface area contributed by atoms with E-state index < -0.39 is 0 Å². The van der Waals surface area contributed by atoms with Crippen LogP contribution < -0.4 is 16.0 Å². The lowest BCUT2D eigenvalue weighted by molar-refractivity contribution is 0.243. The Balaban J connectivity index is 1.52. The van der Waals surface area contributed by atoms with Crippen molar-refractivity contribution in [3.05, 3.63) is 60.8 Å². The molecule has 5 rings (SSSR count). The molecule has 0 saturated heterocycles. The fraction of sp³-hybridized carbons (Fsp3) is 0.167. The van der Waals surface area contributed by atoms with E-state index in [1.165, 1.54) is 11.5 Å². The maximum atomic E-state index is 12.6. The zero-order chi connectivity index (χ0) is 23.7. The highest BCUT2D eigenvalue weighted by Crippen LogP contribution is 2.30. The molecule has 2 aromatic carbocycles. The molecule has 2 amide bonds. The van der Waals surface area contributed by atoms with Gasteiger partial charge in [0.1, 0.15) is 11.3 Å². The van der Waals surface area contributed by atoms with E-state index in [2.05, 4.69) is 40.5 Å². The van der Waals surface area contributed by atoms with Crippen LogP contribution >= 0.6 is 11.5 Å². The summed E-state index contributed by atoms with van der Waals surface area (Å²) in [6.07, 6.45) is 1.71. The van der Waals surface area contributed by atoms with Crippen molar-refractivity contribution in [2.45, 2.75) is 26.3 Å². The van der Waals surface area contributed by atoms with E-state index in [-0.39, 0.29) is 11.6 Å². The highest BCUT2D eigenvalue weighted by Gasteiger charge is 2.17. The fourth-order valence-electron chi connectivity index (χ4n) is 3.42. The molecular weight excluding hydrogens is 448 g/mol. The number of benzene rings is 2. The normalized spacial score (nSPS) is 11.5. The molecule has 0 atom stereocenters. The van der Waals surface area contributed by atoms with E-state index in [0.29, 0.717) is 17.4 Å². The number of hydrogen-bond acceptors (Lipinski definition) is 8. The molecule has 0 aliphatic carbocycles. The van der Waals surface area contributed by atoms with Gasteiger partial charge in [-0.25, -0.2) is 14.8 Å². The SMILES string of the molecule is CC(C)(C)NC(=O)Nc1nc2nc(Nc3ccc4snnc4c3)ncc2cc1-c1ccccc1. The van der Waals surface area contributed by atoms with Crippen LogP contribution in [0.15, 0.2) is 60.8 Å². The first-order chi connectivity index (χ1) is 16.3. The summed E-state index contributed by atoms with van der Waals surface area (Å²) in [5.74, 6) is 0.806. The number of carbonyl (C=O) groups excluding carboxylic acids is 1. The first-order valence-corrected chi connectivity index (χ1v) is 11.4. The lowest BCUT2D eigenvalue weighted by Crippen LogP contribution is -2.43. The Labute approximate surface area is 199 Å². The largest absolute Gasteiger partial charge is 0.333 e. The van der Waals surface area contributed by atoms with E-state index in [4.69, 9.17) is 0 Å². The molecule has 0 unspecified atom stereocenters. The zero-order valence-electron chi connectivity index (χ0n) is 18.8. The highest BCUT2D eigenvalue weighted by atomic mass is 32.1. The molecule has 3 heterocycles. The molecule has 10 heteroatoms. The second kappa shape index (κ2) is 8.64. The van der Waals surface area contributed by atoms with Crippen molar-refractivity contribution < 1.29 is 4.79 Å². The Morgan fingerprint density at radius 3 is 2.62 bits per heavy atom.